The van der Waals surface area contributed by atoms with Gasteiger partial charge in [0.1, 0.15) is 6.10 Å². The zero-order chi connectivity index (χ0) is 10.2. The fraction of sp³-hybridized carbons (Fsp3) is 1.00. The first-order valence-corrected chi connectivity index (χ1v) is 5.75. The van der Waals surface area contributed by atoms with Crippen LogP contribution in [-0.2, 0) is 9.47 Å². The van der Waals surface area contributed by atoms with Crippen molar-refractivity contribution in [2.75, 3.05) is 26.4 Å². The van der Waals surface area contributed by atoms with Crippen LogP contribution < -0.4 is 5.32 Å². The van der Waals surface area contributed by atoms with Gasteiger partial charge in [0, 0.05) is 12.6 Å². The van der Waals surface area contributed by atoms with E-state index in [1.807, 2.05) is 0 Å². The average Bonchev–Trinajstić information content (AvgIpc) is 2.08. The fourth-order valence-corrected chi connectivity index (χ4v) is 1.56. The molecule has 0 aliphatic carbocycles. The Morgan fingerprint density at radius 2 is 2.21 bits per heavy atom. The molecule has 0 aromatic rings. The van der Waals surface area contributed by atoms with Crippen molar-refractivity contribution in [2.45, 2.75) is 45.3 Å². The van der Waals surface area contributed by atoms with Crippen LogP contribution >= 0.6 is 0 Å². The van der Waals surface area contributed by atoms with Crippen molar-refractivity contribution in [2.24, 2.45) is 0 Å². The molecular weight excluding hydrogens is 178 g/mol. The van der Waals surface area contributed by atoms with Gasteiger partial charge in [-0.3, -0.25) is 0 Å². The Hall–Kier alpha value is -0.120. The molecule has 3 nitrogen and oxygen atoms in total. The third kappa shape index (κ3) is 4.94. The van der Waals surface area contributed by atoms with Gasteiger partial charge in [-0.25, -0.2) is 0 Å². The summed E-state index contributed by atoms with van der Waals surface area (Å²) in [6.45, 7) is 7.95. The van der Waals surface area contributed by atoms with Crippen LogP contribution in [0.25, 0.3) is 0 Å². The molecule has 1 saturated heterocycles. The molecule has 1 heterocycles. The zero-order valence-electron chi connectivity index (χ0n) is 9.42. The molecule has 1 fully saturated rings. The molecule has 0 spiro atoms. The highest BCUT2D eigenvalue weighted by atomic mass is 16.6. The SMILES string of the molecule is CCNC(C)CCCCOC1COC1. The number of hydrogen-bond acceptors (Lipinski definition) is 3. The summed E-state index contributed by atoms with van der Waals surface area (Å²) in [6.07, 6.45) is 4.06. The van der Waals surface area contributed by atoms with Gasteiger partial charge in [0.25, 0.3) is 0 Å². The summed E-state index contributed by atoms with van der Waals surface area (Å²) in [5.41, 5.74) is 0. The van der Waals surface area contributed by atoms with Crippen LogP contribution in [0.2, 0.25) is 0 Å². The van der Waals surface area contributed by atoms with Crippen LogP contribution in [-0.4, -0.2) is 38.5 Å². The molecule has 0 amide bonds. The van der Waals surface area contributed by atoms with E-state index in [-0.39, 0.29) is 0 Å². The summed E-state index contributed by atoms with van der Waals surface area (Å²) in [5.74, 6) is 0. The van der Waals surface area contributed by atoms with Crippen LogP contribution in [0.5, 0.6) is 0 Å². The number of hydrogen-bond donors (Lipinski definition) is 1. The molecule has 1 unspecified atom stereocenters. The lowest BCUT2D eigenvalue weighted by molar-refractivity contribution is -0.129. The van der Waals surface area contributed by atoms with E-state index in [0.717, 1.165) is 26.4 Å². The van der Waals surface area contributed by atoms with Crippen molar-refractivity contribution in [3.63, 3.8) is 0 Å². The third-order valence-corrected chi connectivity index (χ3v) is 2.55. The maximum absolute atomic E-state index is 5.57. The van der Waals surface area contributed by atoms with E-state index in [9.17, 15) is 0 Å². The third-order valence-electron chi connectivity index (χ3n) is 2.55. The van der Waals surface area contributed by atoms with Crippen LogP contribution in [0.4, 0.5) is 0 Å². The lowest BCUT2D eigenvalue weighted by Crippen LogP contribution is -2.36. The summed E-state index contributed by atoms with van der Waals surface area (Å²) >= 11 is 0. The maximum atomic E-state index is 5.57. The largest absolute Gasteiger partial charge is 0.376 e. The summed E-state index contributed by atoms with van der Waals surface area (Å²) in [6, 6.07) is 0.645. The average molecular weight is 201 g/mol. The lowest BCUT2D eigenvalue weighted by atomic mass is 10.1. The van der Waals surface area contributed by atoms with Gasteiger partial charge in [-0.1, -0.05) is 6.92 Å². The van der Waals surface area contributed by atoms with E-state index in [1.54, 1.807) is 0 Å². The topological polar surface area (TPSA) is 30.5 Å². The smallest absolute Gasteiger partial charge is 0.104 e. The predicted molar refractivity (Wildman–Crippen MR) is 57.5 cm³/mol. The highest BCUT2D eigenvalue weighted by Crippen LogP contribution is 2.07. The van der Waals surface area contributed by atoms with Crippen molar-refractivity contribution in [3.8, 4) is 0 Å². The van der Waals surface area contributed by atoms with Crippen LogP contribution in [0.15, 0.2) is 0 Å². The summed E-state index contributed by atoms with van der Waals surface area (Å²) in [4.78, 5) is 0. The number of ether oxygens (including phenoxy) is 2. The van der Waals surface area contributed by atoms with E-state index in [4.69, 9.17) is 9.47 Å². The first-order valence-electron chi connectivity index (χ1n) is 5.75. The van der Waals surface area contributed by atoms with Gasteiger partial charge in [0.15, 0.2) is 0 Å². The van der Waals surface area contributed by atoms with Gasteiger partial charge in [0.2, 0.25) is 0 Å². The summed E-state index contributed by atoms with van der Waals surface area (Å²) in [5, 5.41) is 3.41. The van der Waals surface area contributed by atoms with E-state index in [2.05, 4.69) is 19.2 Å². The second kappa shape index (κ2) is 7.21. The Morgan fingerprint density at radius 1 is 1.43 bits per heavy atom. The summed E-state index contributed by atoms with van der Waals surface area (Å²) in [7, 11) is 0. The van der Waals surface area contributed by atoms with Crippen molar-refractivity contribution in [3.05, 3.63) is 0 Å². The van der Waals surface area contributed by atoms with Gasteiger partial charge in [-0.05, 0) is 32.7 Å². The van der Waals surface area contributed by atoms with Gasteiger partial charge in [0.05, 0.1) is 13.2 Å². The van der Waals surface area contributed by atoms with Gasteiger partial charge in [-0.2, -0.15) is 0 Å². The molecule has 0 bridgehead atoms. The van der Waals surface area contributed by atoms with Gasteiger partial charge < -0.3 is 14.8 Å². The number of unbranched alkanes of at least 4 members (excludes halogenated alkanes) is 1. The van der Waals surface area contributed by atoms with E-state index in [0.29, 0.717) is 12.1 Å². The number of nitrogens with one attached hydrogen (secondary N) is 1. The second-order valence-electron chi connectivity index (χ2n) is 3.98. The molecule has 1 aliphatic heterocycles. The molecule has 1 atom stereocenters. The maximum Gasteiger partial charge on any atom is 0.104 e. The Morgan fingerprint density at radius 3 is 2.79 bits per heavy atom. The first kappa shape index (κ1) is 12.0. The zero-order valence-corrected chi connectivity index (χ0v) is 9.42. The molecule has 14 heavy (non-hydrogen) atoms. The van der Waals surface area contributed by atoms with Gasteiger partial charge >= 0.3 is 0 Å². The van der Waals surface area contributed by atoms with Crippen molar-refractivity contribution < 1.29 is 9.47 Å². The Labute approximate surface area is 87.2 Å². The molecule has 3 heteroatoms. The van der Waals surface area contributed by atoms with E-state index in [1.165, 1.54) is 19.3 Å². The lowest BCUT2D eigenvalue weighted by Gasteiger charge is -2.26. The molecule has 1 rings (SSSR count). The minimum absolute atomic E-state index is 0.390. The summed E-state index contributed by atoms with van der Waals surface area (Å²) < 4.78 is 10.6. The van der Waals surface area contributed by atoms with Crippen LogP contribution in [0, 0.1) is 0 Å². The highest BCUT2D eigenvalue weighted by Gasteiger charge is 2.17. The van der Waals surface area contributed by atoms with Crippen molar-refractivity contribution in [1.82, 2.24) is 5.32 Å². The molecule has 1 aliphatic rings. The molecule has 1 N–H and O–H groups in total. The van der Waals surface area contributed by atoms with Gasteiger partial charge in [-0.15, -0.1) is 0 Å². The molecule has 0 aromatic carbocycles. The first-order chi connectivity index (χ1) is 6.83. The Bertz CT molecular complexity index is 137. The molecule has 0 aromatic heterocycles. The minimum Gasteiger partial charge on any atom is -0.376 e. The van der Waals surface area contributed by atoms with E-state index < -0.39 is 0 Å². The second-order valence-corrected chi connectivity index (χ2v) is 3.98. The predicted octanol–water partition coefficient (Wildman–Crippen LogP) is 1.57. The minimum atomic E-state index is 0.390. The van der Waals surface area contributed by atoms with Crippen molar-refractivity contribution in [1.29, 1.82) is 0 Å². The number of rotatable bonds is 8. The van der Waals surface area contributed by atoms with Crippen LogP contribution in [0.1, 0.15) is 33.1 Å². The molecule has 84 valence electrons. The normalized spacial score (nSPS) is 19.3. The Kier molecular flexibility index (Phi) is 6.15. The monoisotopic (exact) mass is 201 g/mol. The standard InChI is InChI=1S/C11H23NO2/c1-3-12-10(2)6-4-5-7-14-11-8-13-9-11/h10-12H,3-9H2,1-2H3. The quantitative estimate of drug-likeness (QED) is 0.605. The van der Waals surface area contributed by atoms with Crippen molar-refractivity contribution >= 4 is 0 Å². The molecule has 0 radical (unpaired) electrons. The molecular formula is C11H23NO2. The molecule has 0 saturated carbocycles. The highest BCUT2D eigenvalue weighted by molar-refractivity contribution is 4.64. The Balaban J connectivity index is 1.78. The van der Waals surface area contributed by atoms with E-state index >= 15 is 0 Å². The fourth-order valence-electron chi connectivity index (χ4n) is 1.56. The van der Waals surface area contributed by atoms with Crippen LogP contribution in [0.3, 0.4) is 0 Å².